The molecule has 0 aliphatic rings. The van der Waals surface area contributed by atoms with Crippen LogP contribution in [-0.4, -0.2) is 27.8 Å². The van der Waals surface area contributed by atoms with Crippen LogP contribution in [0.25, 0.3) is 22.0 Å². The number of fused-ring (bicyclic) bond motifs is 1. The van der Waals surface area contributed by atoms with Gasteiger partial charge in [-0.1, -0.05) is 37.6 Å². The van der Waals surface area contributed by atoms with Crippen molar-refractivity contribution < 1.29 is 22.7 Å². The number of hydrogen-bond donors (Lipinski definition) is 1. The number of nitrogens with zero attached hydrogens (tertiary/aromatic N) is 3. The van der Waals surface area contributed by atoms with E-state index in [1.165, 1.54) is 13.2 Å². The molecular formula is C26H24ClF3N4O2. The van der Waals surface area contributed by atoms with Gasteiger partial charge in [0.25, 0.3) is 5.91 Å². The number of aromatic nitrogens is 3. The van der Waals surface area contributed by atoms with Gasteiger partial charge in [-0.2, -0.15) is 18.3 Å². The number of halogens is 4. The van der Waals surface area contributed by atoms with Crippen molar-refractivity contribution >= 4 is 28.4 Å². The van der Waals surface area contributed by atoms with E-state index in [0.717, 1.165) is 24.1 Å². The molecule has 1 unspecified atom stereocenters. The third kappa shape index (κ3) is 5.02. The lowest BCUT2D eigenvalue weighted by Crippen LogP contribution is -2.16. The second-order valence-electron chi connectivity index (χ2n) is 8.87. The fraction of sp³-hybridized carbons (Fsp3) is 0.269. The van der Waals surface area contributed by atoms with E-state index in [2.05, 4.69) is 18.8 Å². The summed E-state index contributed by atoms with van der Waals surface area (Å²) in [5.41, 5.74) is 7.14. The van der Waals surface area contributed by atoms with Crippen molar-refractivity contribution in [2.45, 2.75) is 32.5 Å². The monoisotopic (exact) mass is 516 g/mol. The van der Waals surface area contributed by atoms with E-state index < -0.39 is 17.6 Å². The molecule has 0 aliphatic heterocycles. The topological polar surface area (TPSA) is 83.0 Å². The minimum Gasteiger partial charge on any atom is -0.495 e. The Balaban J connectivity index is 1.81. The number of methoxy groups -OCH3 is 1. The van der Waals surface area contributed by atoms with E-state index >= 15 is 0 Å². The van der Waals surface area contributed by atoms with Crippen molar-refractivity contribution in [1.29, 1.82) is 0 Å². The van der Waals surface area contributed by atoms with Crippen molar-refractivity contribution in [2.75, 3.05) is 7.11 Å². The lowest BCUT2D eigenvalue weighted by atomic mass is 9.98. The predicted molar refractivity (Wildman–Crippen MR) is 132 cm³/mol. The van der Waals surface area contributed by atoms with Gasteiger partial charge in [0.1, 0.15) is 11.4 Å². The third-order valence-electron chi connectivity index (χ3n) is 5.89. The molecule has 4 aromatic rings. The Morgan fingerprint density at radius 3 is 2.42 bits per heavy atom. The number of carbonyl (C=O) groups excluding carboxylic acids is 1. The molecule has 0 saturated heterocycles. The minimum atomic E-state index is -4.49. The molecule has 0 aliphatic carbocycles. The highest BCUT2D eigenvalue weighted by Gasteiger charge is 2.31. The van der Waals surface area contributed by atoms with Crippen molar-refractivity contribution in [3.05, 3.63) is 76.7 Å². The van der Waals surface area contributed by atoms with Gasteiger partial charge in [0.2, 0.25) is 0 Å². The highest BCUT2D eigenvalue weighted by atomic mass is 35.5. The zero-order valence-electron chi connectivity index (χ0n) is 19.8. The van der Waals surface area contributed by atoms with E-state index in [4.69, 9.17) is 27.2 Å². The van der Waals surface area contributed by atoms with Crippen LogP contribution >= 0.6 is 11.6 Å². The SMILES string of the molecule is COc1c(-c2ccc(C(F)(F)F)cc2Cl)ccc2nn(C(CC(C)C)c3ccc(C(N)=O)nc3)cc12. The van der Waals surface area contributed by atoms with E-state index in [-0.39, 0.29) is 16.8 Å². The van der Waals surface area contributed by atoms with Gasteiger partial charge in [-0.05, 0) is 48.2 Å². The van der Waals surface area contributed by atoms with Gasteiger partial charge >= 0.3 is 6.18 Å². The van der Waals surface area contributed by atoms with Gasteiger partial charge in [0.05, 0.1) is 29.6 Å². The Morgan fingerprint density at radius 1 is 1.14 bits per heavy atom. The number of amides is 1. The van der Waals surface area contributed by atoms with Crippen LogP contribution in [0.15, 0.2) is 54.9 Å². The molecule has 2 aromatic heterocycles. The van der Waals surface area contributed by atoms with Crippen LogP contribution in [0.5, 0.6) is 5.75 Å². The molecule has 0 spiro atoms. The molecule has 10 heteroatoms. The third-order valence-corrected chi connectivity index (χ3v) is 6.20. The number of rotatable bonds is 7. The van der Waals surface area contributed by atoms with Crippen LogP contribution in [0.2, 0.25) is 5.02 Å². The average Bonchev–Trinajstić information content (AvgIpc) is 3.25. The quantitative estimate of drug-likeness (QED) is 0.303. The van der Waals surface area contributed by atoms with Crippen molar-refractivity contribution in [2.24, 2.45) is 11.7 Å². The number of alkyl halides is 3. The van der Waals surface area contributed by atoms with Crippen molar-refractivity contribution in [3.8, 4) is 16.9 Å². The fourth-order valence-corrected chi connectivity index (χ4v) is 4.46. The number of nitrogens with two attached hydrogens (primary N) is 1. The molecule has 1 atom stereocenters. The summed E-state index contributed by atoms with van der Waals surface area (Å²) in [5, 5.41) is 5.40. The molecule has 6 nitrogen and oxygen atoms in total. The molecule has 2 aromatic carbocycles. The molecule has 1 amide bonds. The number of ether oxygens (including phenoxy) is 1. The normalized spacial score (nSPS) is 12.8. The van der Waals surface area contributed by atoms with Crippen LogP contribution in [0.3, 0.4) is 0 Å². The summed E-state index contributed by atoms with van der Waals surface area (Å²) in [6.07, 6.45) is -0.298. The Morgan fingerprint density at radius 2 is 1.86 bits per heavy atom. The lowest BCUT2D eigenvalue weighted by molar-refractivity contribution is -0.137. The number of hydrogen-bond acceptors (Lipinski definition) is 4. The summed E-state index contributed by atoms with van der Waals surface area (Å²) in [5.74, 6) is 0.165. The van der Waals surface area contributed by atoms with Gasteiger partial charge in [-0.3, -0.25) is 14.5 Å². The minimum absolute atomic E-state index is 0.0341. The van der Waals surface area contributed by atoms with Gasteiger partial charge in [-0.15, -0.1) is 0 Å². The molecule has 188 valence electrons. The highest BCUT2D eigenvalue weighted by Crippen LogP contribution is 2.42. The van der Waals surface area contributed by atoms with Crippen LogP contribution in [0.1, 0.15) is 47.9 Å². The predicted octanol–water partition coefficient (Wildman–Crippen LogP) is 6.51. The number of pyridine rings is 1. The molecule has 0 fully saturated rings. The summed E-state index contributed by atoms with van der Waals surface area (Å²) in [4.78, 5) is 15.6. The van der Waals surface area contributed by atoms with Gasteiger partial charge in [0, 0.05) is 28.5 Å². The molecule has 0 saturated carbocycles. The number of carbonyl (C=O) groups is 1. The zero-order valence-corrected chi connectivity index (χ0v) is 20.6. The van der Waals surface area contributed by atoms with E-state index in [1.54, 1.807) is 30.5 Å². The highest BCUT2D eigenvalue weighted by molar-refractivity contribution is 6.33. The van der Waals surface area contributed by atoms with Crippen LogP contribution in [0, 0.1) is 5.92 Å². The largest absolute Gasteiger partial charge is 0.495 e. The summed E-state index contributed by atoms with van der Waals surface area (Å²) in [6, 6.07) is 9.95. The maximum atomic E-state index is 13.1. The average molecular weight is 517 g/mol. The molecule has 36 heavy (non-hydrogen) atoms. The molecule has 0 radical (unpaired) electrons. The van der Waals surface area contributed by atoms with E-state index in [1.807, 2.05) is 10.9 Å². The lowest BCUT2D eigenvalue weighted by Gasteiger charge is -2.20. The summed E-state index contributed by atoms with van der Waals surface area (Å²) < 4.78 is 46.8. The van der Waals surface area contributed by atoms with Gasteiger partial charge < -0.3 is 10.5 Å². The summed E-state index contributed by atoms with van der Waals surface area (Å²) in [7, 11) is 1.49. The zero-order chi connectivity index (χ0) is 26.2. The number of primary amides is 1. The Labute approximate surface area is 210 Å². The standard InChI is InChI=1S/C26H24ClF3N4O2/c1-14(2)10-23(15-4-8-22(25(31)35)32-12-15)34-13-19-21(33-34)9-7-18(24(19)36-3)17-6-5-16(11-20(17)27)26(28,29)30/h4-9,11-14,23H,10H2,1-3H3,(H2,31,35). The Hall–Kier alpha value is -3.59. The molecule has 2 heterocycles. The molecule has 4 rings (SSSR count). The van der Waals surface area contributed by atoms with Crippen LogP contribution in [-0.2, 0) is 6.18 Å². The van der Waals surface area contributed by atoms with Gasteiger partial charge in [-0.25, -0.2) is 0 Å². The summed E-state index contributed by atoms with van der Waals surface area (Å²) >= 11 is 6.26. The van der Waals surface area contributed by atoms with Gasteiger partial charge in [0.15, 0.2) is 0 Å². The molecule has 0 bridgehead atoms. The maximum absolute atomic E-state index is 13.1. The first kappa shape index (κ1) is 25.5. The smallest absolute Gasteiger partial charge is 0.416 e. The van der Waals surface area contributed by atoms with Crippen LogP contribution in [0.4, 0.5) is 13.2 Å². The van der Waals surface area contributed by atoms with Crippen molar-refractivity contribution in [3.63, 3.8) is 0 Å². The van der Waals surface area contributed by atoms with E-state index in [0.29, 0.717) is 33.7 Å². The first-order chi connectivity index (χ1) is 17.0. The Bertz CT molecular complexity index is 1420. The van der Waals surface area contributed by atoms with Crippen molar-refractivity contribution in [1.82, 2.24) is 14.8 Å². The first-order valence-corrected chi connectivity index (χ1v) is 11.6. The molecular weight excluding hydrogens is 493 g/mol. The summed E-state index contributed by atoms with van der Waals surface area (Å²) in [6.45, 7) is 4.18. The molecule has 2 N–H and O–H groups in total. The Kier molecular flexibility index (Phi) is 6.95. The first-order valence-electron chi connectivity index (χ1n) is 11.2. The maximum Gasteiger partial charge on any atom is 0.416 e. The second kappa shape index (κ2) is 9.81. The van der Waals surface area contributed by atoms with Crippen LogP contribution < -0.4 is 10.5 Å². The second-order valence-corrected chi connectivity index (χ2v) is 9.27. The number of benzene rings is 2. The fourth-order valence-electron chi connectivity index (χ4n) is 4.18. The van der Waals surface area contributed by atoms with E-state index in [9.17, 15) is 18.0 Å².